The molecular formula is C24H19N3O4. The molecule has 0 aromatic heterocycles. The fraction of sp³-hybridized carbons (Fsp3) is 0.0833. The number of non-ortho nitro benzene ring substituents is 1. The number of nitrogens with zero attached hydrogens (tertiary/aromatic N) is 2. The van der Waals surface area contributed by atoms with Crippen molar-refractivity contribution in [3.8, 4) is 11.8 Å². The maximum atomic E-state index is 12.4. The molecule has 0 radical (unpaired) electrons. The minimum absolute atomic E-state index is 0.0175. The van der Waals surface area contributed by atoms with Crippen LogP contribution in [0.5, 0.6) is 5.75 Å². The molecule has 0 unspecified atom stereocenters. The molecule has 154 valence electrons. The summed E-state index contributed by atoms with van der Waals surface area (Å²) in [6.07, 6.45) is 1.49. The number of carbonyl (C=O) groups is 1. The molecule has 0 spiro atoms. The topological polar surface area (TPSA) is 105 Å². The fourth-order valence-corrected chi connectivity index (χ4v) is 2.81. The van der Waals surface area contributed by atoms with Gasteiger partial charge in [-0.15, -0.1) is 0 Å². The maximum absolute atomic E-state index is 12.4. The molecule has 31 heavy (non-hydrogen) atoms. The Morgan fingerprint density at radius 2 is 1.87 bits per heavy atom. The Hall–Kier alpha value is -4.44. The van der Waals surface area contributed by atoms with E-state index in [0.717, 1.165) is 11.1 Å². The highest BCUT2D eigenvalue weighted by Crippen LogP contribution is 2.19. The molecule has 7 heteroatoms. The van der Waals surface area contributed by atoms with Gasteiger partial charge in [0.15, 0.2) is 0 Å². The van der Waals surface area contributed by atoms with E-state index < -0.39 is 10.8 Å². The molecule has 0 heterocycles. The van der Waals surface area contributed by atoms with Crippen LogP contribution in [-0.4, -0.2) is 10.8 Å². The number of nitrogens with one attached hydrogen (secondary N) is 1. The molecule has 0 saturated carbocycles. The van der Waals surface area contributed by atoms with Crippen LogP contribution < -0.4 is 10.1 Å². The van der Waals surface area contributed by atoms with Crippen LogP contribution in [0.2, 0.25) is 0 Å². The summed E-state index contributed by atoms with van der Waals surface area (Å²) in [6, 6.07) is 22.3. The Morgan fingerprint density at radius 3 is 2.55 bits per heavy atom. The number of hydrogen-bond acceptors (Lipinski definition) is 5. The Balaban J connectivity index is 1.68. The van der Waals surface area contributed by atoms with Crippen LogP contribution >= 0.6 is 0 Å². The molecule has 0 atom stereocenters. The van der Waals surface area contributed by atoms with Gasteiger partial charge in [0.05, 0.1) is 4.92 Å². The normalized spacial score (nSPS) is 10.8. The van der Waals surface area contributed by atoms with Gasteiger partial charge >= 0.3 is 0 Å². The molecule has 0 fully saturated rings. The highest BCUT2D eigenvalue weighted by molar-refractivity contribution is 6.09. The molecule has 3 aromatic rings. The molecule has 0 aliphatic carbocycles. The Morgan fingerprint density at radius 1 is 1.13 bits per heavy atom. The smallest absolute Gasteiger partial charge is 0.269 e. The highest BCUT2D eigenvalue weighted by atomic mass is 16.6. The lowest BCUT2D eigenvalue weighted by molar-refractivity contribution is -0.384. The van der Waals surface area contributed by atoms with Crippen molar-refractivity contribution in [2.75, 3.05) is 5.32 Å². The van der Waals surface area contributed by atoms with Crippen LogP contribution in [-0.2, 0) is 11.4 Å². The van der Waals surface area contributed by atoms with Crippen molar-refractivity contribution in [1.29, 1.82) is 5.26 Å². The average Bonchev–Trinajstić information content (AvgIpc) is 2.76. The summed E-state index contributed by atoms with van der Waals surface area (Å²) in [7, 11) is 0. The monoisotopic (exact) mass is 413 g/mol. The van der Waals surface area contributed by atoms with Crippen LogP contribution in [0.1, 0.15) is 16.7 Å². The standard InChI is InChI=1S/C24H19N3O4/c1-17-4-2-6-21(12-17)26-24(28)20(15-25)13-19-5-3-7-23(14-19)31-16-18-8-10-22(11-9-18)27(29)30/h2-14H,16H2,1H3,(H,26,28)/b20-13-. The van der Waals surface area contributed by atoms with Gasteiger partial charge in [0.1, 0.15) is 24.0 Å². The minimum Gasteiger partial charge on any atom is -0.489 e. The number of hydrogen-bond donors (Lipinski definition) is 1. The predicted molar refractivity (Wildman–Crippen MR) is 117 cm³/mol. The number of anilines is 1. The fourth-order valence-electron chi connectivity index (χ4n) is 2.81. The zero-order valence-electron chi connectivity index (χ0n) is 16.7. The van der Waals surface area contributed by atoms with Gasteiger partial charge in [-0.1, -0.05) is 24.3 Å². The molecule has 0 bridgehead atoms. The second-order valence-corrected chi connectivity index (χ2v) is 6.78. The Bertz CT molecular complexity index is 1180. The van der Waals surface area contributed by atoms with Gasteiger partial charge in [0.25, 0.3) is 11.6 Å². The summed E-state index contributed by atoms with van der Waals surface area (Å²) in [4.78, 5) is 22.7. The van der Waals surface area contributed by atoms with Crippen molar-refractivity contribution in [3.63, 3.8) is 0 Å². The largest absolute Gasteiger partial charge is 0.489 e. The van der Waals surface area contributed by atoms with E-state index >= 15 is 0 Å². The Labute approximate surface area is 179 Å². The summed E-state index contributed by atoms with van der Waals surface area (Å²) in [5.41, 5.74) is 3.02. The van der Waals surface area contributed by atoms with Gasteiger partial charge in [-0.3, -0.25) is 14.9 Å². The van der Waals surface area contributed by atoms with Crippen LogP contribution in [0.15, 0.2) is 78.4 Å². The quantitative estimate of drug-likeness (QED) is 0.253. The zero-order valence-corrected chi connectivity index (χ0v) is 16.7. The van der Waals surface area contributed by atoms with Gasteiger partial charge in [0, 0.05) is 17.8 Å². The van der Waals surface area contributed by atoms with Gasteiger partial charge in [0.2, 0.25) is 0 Å². The SMILES string of the molecule is Cc1cccc(NC(=O)/C(C#N)=C\c2cccc(OCc3ccc([N+](=O)[O-])cc3)c2)c1. The van der Waals surface area contributed by atoms with E-state index in [4.69, 9.17) is 4.74 Å². The number of carbonyl (C=O) groups excluding carboxylic acids is 1. The number of nitriles is 1. The van der Waals surface area contributed by atoms with Crippen LogP contribution in [0.4, 0.5) is 11.4 Å². The van der Waals surface area contributed by atoms with Crippen molar-refractivity contribution in [1.82, 2.24) is 0 Å². The van der Waals surface area contributed by atoms with E-state index in [1.807, 2.05) is 31.2 Å². The van der Waals surface area contributed by atoms with Gasteiger partial charge in [-0.2, -0.15) is 5.26 Å². The van der Waals surface area contributed by atoms with Crippen molar-refractivity contribution in [2.24, 2.45) is 0 Å². The first-order chi connectivity index (χ1) is 14.9. The van der Waals surface area contributed by atoms with Gasteiger partial charge in [-0.25, -0.2) is 0 Å². The molecule has 1 amide bonds. The second-order valence-electron chi connectivity index (χ2n) is 6.78. The van der Waals surface area contributed by atoms with E-state index in [0.29, 0.717) is 17.0 Å². The van der Waals surface area contributed by atoms with Crippen molar-refractivity contribution in [3.05, 3.63) is 105 Å². The summed E-state index contributed by atoms with van der Waals surface area (Å²) in [6.45, 7) is 2.14. The van der Waals surface area contributed by atoms with E-state index in [1.165, 1.54) is 18.2 Å². The van der Waals surface area contributed by atoms with E-state index in [2.05, 4.69) is 5.32 Å². The van der Waals surface area contributed by atoms with Gasteiger partial charge < -0.3 is 10.1 Å². The molecule has 3 rings (SSSR count). The maximum Gasteiger partial charge on any atom is 0.269 e. The average molecular weight is 413 g/mol. The summed E-state index contributed by atoms with van der Waals surface area (Å²) in [5, 5.41) is 22.9. The third-order valence-corrected chi connectivity index (χ3v) is 4.36. The second kappa shape index (κ2) is 9.85. The minimum atomic E-state index is -0.495. The number of aryl methyl sites for hydroxylation is 1. The summed E-state index contributed by atoms with van der Waals surface area (Å²) >= 11 is 0. The molecule has 3 aromatic carbocycles. The van der Waals surface area contributed by atoms with Crippen molar-refractivity contribution in [2.45, 2.75) is 13.5 Å². The van der Waals surface area contributed by atoms with Crippen LogP contribution in [0.3, 0.4) is 0 Å². The van der Waals surface area contributed by atoms with E-state index in [9.17, 15) is 20.2 Å². The first kappa shape index (κ1) is 21.3. The molecule has 0 aliphatic heterocycles. The number of amides is 1. The van der Waals surface area contributed by atoms with Crippen LogP contribution in [0.25, 0.3) is 6.08 Å². The van der Waals surface area contributed by atoms with Crippen molar-refractivity contribution < 1.29 is 14.5 Å². The summed E-state index contributed by atoms with van der Waals surface area (Å²) in [5.74, 6) is 0.0498. The molecule has 1 N–H and O–H groups in total. The molecule has 0 saturated heterocycles. The zero-order chi connectivity index (χ0) is 22.2. The lowest BCUT2D eigenvalue weighted by Gasteiger charge is -2.08. The highest BCUT2D eigenvalue weighted by Gasteiger charge is 2.10. The first-order valence-electron chi connectivity index (χ1n) is 9.40. The van der Waals surface area contributed by atoms with E-state index in [-0.39, 0.29) is 17.9 Å². The number of nitro benzene ring substituents is 1. The molecular weight excluding hydrogens is 394 g/mol. The first-order valence-corrected chi connectivity index (χ1v) is 9.40. The van der Waals surface area contributed by atoms with E-state index in [1.54, 1.807) is 42.5 Å². The number of nitro groups is 1. The summed E-state index contributed by atoms with van der Waals surface area (Å²) < 4.78 is 5.74. The molecule has 7 nitrogen and oxygen atoms in total. The van der Waals surface area contributed by atoms with Crippen molar-refractivity contribution >= 4 is 23.4 Å². The lowest BCUT2D eigenvalue weighted by atomic mass is 10.1. The lowest BCUT2D eigenvalue weighted by Crippen LogP contribution is -2.13. The molecule has 0 aliphatic rings. The third kappa shape index (κ3) is 6.02. The third-order valence-electron chi connectivity index (χ3n) is 4.36. The predicted octanol–water partition coefficient (Wildman–Crippen LogP) is 5.03. The Kier molecular flexibility index (Phi) is 6.76. The van der Waals surface area contributed by atoms with Gasteiger partial charge in [-0.05, 0) is 66.1 Å². The number of ether oxygens (including phenoxy) is 1. The number of rotatable bonds is 7. The number of benzene rings is 3. The van der Waals surface area contributed by atoms with Crippen LogP contribution in [0, 0.1) is 28.4 Å².